The molecule has 0 spiro atoms. The number of anilines is 1. The number of H-pyrrole nitrogens is 1. The van der Waals surface area contributed by atoms with Gasteiger partial charge in [-0.2, -0.15) is 36.3 Å². The van der Waals surface area contributed by atoms with Crippen LogP contribution in [0.5, 0.6) is 0 Å². The average molecular weight is 507 g/mol. The summed E-state index contributed by atoms with van der Waals surface area (Å²) in [5.41, 5.74) is 7.32. The fourth-order valence-electron chi connectivity index (χ4n) is 4.09. The summed E-state index contributed by atoms with van der Waals surface area (Å²) in [5, 5.41) is 1.27. The fraction of sp³-hybridized carbons (Fsp3) is 0.400. The van der Waals surface area contributed by atoms with Gasteiger partial charge in [0.25, 0.3) is 0 Å². The molecule has 1 atom stereocenters. The van der Waals surface area contributed by atoms with Gasteiger partial charge in [-0.25, -0.2) is 4.98 Å². The molecule has 7 nitrogen and oxygen atoms in total. The van der Waals surface area contributed by atoms with Crippen LogP contribution in [-0.4, -0.2) is 32.4 Å². The maximum absolute atomic E-state index is 13.3. The van der Waals surface area contributed by atoms with E-state index in [4.69, 9.17) is 17.3 Å². The standard InChI is InChI=1S/C20H17ClF6N6O/c21-9-4-5-12-11(8-9)10-6-7-33(13(15(10)29-12)2-1-3-14(28)34)18-31-16(19(22,23)24)30-17(32-18)20(25,26)27/h4-5,8,13,29H,1-3,6-7H2,(H2,28,34). The molecule has 2 aromatic heterocycles. The van der Waals surface area contributed by atoms with E-state index in [2.05, 4.69) is 19.9 Å². The zero-order valence-electron chi connectivity index (χ0n) is 17.3. The molecule has 0 saturated carbocycles. The van der Waals surface area contributed by atoms with Crippen LogP contribution in [0.4, 0.5) is 32.3 Å². The van der Waals surface area contributed by atoms with E-state index in [-0.39, 0.29) is 32.2 Å². The molecule has 3 aromatic rings. The highest BCUT2D eigenvalue weighted by Gasteiger charge is 2.43. The minimum absolute atomic E-state index is 0.00939. The Morgan fingerprint density at radius 3 is 2.35 bits per heavy atom. The van der Waals surface area contributed by atoms with Crippen LogP contribution in [0.15, 0.2) is 18.2 Å². The summed E-state index contributed by atoms with van der Waals surface area (Å²) in [5.74, 6) is -5.20. The van der Waals surface area contributed by atoms with Crippen molar-refractivity contribution in [3.8, 4) is 0 Å². The molecule has 34 heavy (non-hydrogen) atoms. The van der Waals surface area contributed by atoms with Gasteiger partial charge >= 0.3 is 12.4 Å². The highest BCUT2D eigenvalue weighted by Crippen LogP contribution is 2.40. The number of aromatic nitrogens is 4. The molecular weight excluding hydrogens is 490 g/mol. The lowest BCUT2D eigenvalue weighted by atomic mass is 9.94. The number of nitrogens with two attached hydrogens (primary N) is 1. The van der Waals surface area contributed by atoms with Crippen molar-refractivity contribution >= 4 is 34.4 Å². The Kier molecular flexibility index (Phi) is 6.08. The summed E-state index contributed by atoms with van der Waals surface area (Å²) in [6.07, 6.45) is -9.70. The summed E-state index contributed by atoms with van der Waals surface area (Å²) < 4.78 is 79.8. The molecule has 1 aliphatic rings. The number of hydrogen-bond acceptors (Lipinski definition) is 5. The van der Waals surface area contributed by atoms with Crippen molar-refractivity contribution < 1.29 is 31.1 Å². The van der Waals surface area contributed by atoms with Crippen LogP contribution in [0.1, 0.15) is 48.2 Å². The first-order valence-electron chi connectivity index (χ1n) is 10.1. The summed E-state index contributed by atoms with van der Waals surface area (Å²) in [6, 6.07) is 4.38. The van der Waals surface area contributed by atoms with Gasteiger partial charge in [0.2, 0.25) is 23.5 Å². The van der Waals surface area contributed by atoms with Gasteiger partial charge in [0, 0.05) is 34.6 Å². The molecular formula is C20H17ClF6N6O. The van der Waals surface area contributed by atoms with E-state index in [1.807, 2.05) is 0 Å². The molecule has 14 heteroatoms. The SMILES string of the molecule is NC(=O)CCCC1c2[nH]c3ccc(Cl)cc3c2CCN1c1nc(C(F)(F)F)nc(C(F)(F)F)n1. The molecule has 0 bridgehead atoms. The summed E-state index contributed by atoms with van der Waals surface area (Å²) >= 11 is 6.10. The normalized spacial score (nSPS) is 16.7. The second kappa shape index (κ2) is 8.60. The quantitative estimate of drug-likeness (QED) is 0.484. The Labute approximate surface area is 193 Å². The molecule has 0 radical (unpaired) electrons. The van der Waals surface area contributed by atoms with E-state index < -0.39 is 41.9 Å². The van der Waals surface area contributed by atoms with Gasteiger partial charge in [-0.05, 0) is 43.0 Å². The number of aromatic amines is 1. The molecule has 1 unspecified atom stereocenters. The maximum Gasteiger partial charge on any atom is 0.451 e. The molecule has 3 heterocycles. The first kappa shape index (κ1) is 24.0. The largest absolute Gasteiger partial charge is 0.451 e. The van der Waals surface area contributed by atoms with E-state index >= 15 is 0 Å². The predicted molar refractivity (Wildman–Crippen MR) is 110 cm³/mol. The van der Waals surface area contributed by atoms with Gasteiger partial charge in [-0.1, -0.05) is 11.6 Å². The molecule has 3 N–H and O–H groups in total. The zero-order valence-corrected chi connectivity index (χ0v) is 18.0. The highest BCUT2D eigenvalue weighted by atomic mass is 35.5. The lowest BCUT2D eigenvalue weighted by Crippen LogP contribution is -2.38. The number of amides is 1. The van der Waals surface area contributed by atoms with E-state index in [0.29, 0.717) is 16.2 Å². The van der Waals surface area contributed by atoms with E-state index in [1.54, 1.807) is 18.2 Å². The van der Waals surface area contributed by atoms with E-state index in [0.717, 1.165) is 10.9 Å². The number of carbonyl (C=O) groups excluding carboxylic acids is 1. The Morgan fingerprint density at radius 2 is 1.76 bits per heavy atom. The van der Waals surface area contributed by atoms with Crippen molar-refractivity contribution in [1.82, 2.24) is 19.9 Å². The van der Waals surface area contributed by atoms with E-state index in [9.17, 15) is 31.1 Å². The van der Waals surface area contributed by atoms with Crippen molar-refractivity contribution in [3.05, 3.63) is 46.1 Å². The summed E-state index contributed by atoms with van der Waals surface area (Å²) in [6.45, 7) is 0.0340. The predicted octanol–water partition coefficient (Wildman–Crippen LogP) is 4.80. The molecule has 0 aliphatic carbocycles. The Balaban J connectivity index is 1.83. The molecule has 1 aliphatic heterocycles. The third-order valence-electron chi connectivity index (χ3n) is 5.50. The van der Waals surface area contributed by atoms with Gasteiger partial charge in [-0.3, -0.25) is 4.79 Å². The van der Waals surface area contributed by atoms with Gasteiger partial charge in [0.15, 0.2) is 0 Å². The second-order valence-corrected chi connectivity index (χ2v) is 8.24. The number of primary amides is 1. The number of carbonyl (C=O) groups is 1. The minimum atomic E-state index is -5.21. The molecule has 182 valence electrons. The average Bonchev–Trinajstić information content (AvgIpc) is 3.10. The first-order valence-corrected chi connectivity index (χ1v) is 10.5. The van der Waals surface area contributed by atoms with Crippen LogP contribution in [0.25, 0.3) is 10.9 Å². The fourth-order valence-corrected chi connectivity index (χ4v) is 4.27. The molecule has 0 saturated heterocycles. The topological polar surface area (TPSA) is 101 Å². The Morgan fingerprint density at radius 1 is 1.12 bits per heavy atom. The first-order chi connectivity index (χ1) is 15.8. The third-order valence-corrected chi connectivity index (χ3v) is 5.74. The smallest absolute Gasteiger partial charge is 0.370 e. The molecule has 1 aromatic carbocycles. The van der Waals surface area contributed by atoms with Crippen molar-refractivity contribution in [3.63, 3.8) is 0 Å². The molecule has 0 fully saturated rings. The van der Waals surface area contributed by atoms with Gasteiger partial charge < -0.3 is 15.6 Å². The Hall–Kier alpha value is -3.09. The number of rotatable bonds is 5. The number of nitrogens with one attached hydrogen (secondary N) is 1. The second-order valence-electron chi connectivity index (χ2n) is 7.80. The van der Waals surface area contributed by atoms with Gasteiger partial charge in [-0.15, -0.1) is 0 Å². The lowest BCUT2D eigenvalue weighted by molar-refractivity contribution is -0.155. The maximum atomic E-state index is 13.3. The number of nitrogens with zero attached hydrogens (tertiary/aromatic N) is 4. The van der Waals surface area contributed by atoms with Crippen LogP contribution in [0, 0.1) is 0 Å². The van der Waals surface area contributed by atoms with Crippen molar-refractivity contribution in [2.75, 3.05) is 11.4 Å². The van der Waals surface area contributed by atoms with E-state index in [1.165, 1.54) is 4.90 Å². The van der Waals surface area contributed by atoms with Crippen LogP contribution in [-0.2, 0) is 23.6 Å². The van der Waals surface area contributed by atoms with Crippen molar-refractivity contribution in [2.24, 2.45) is 5.73 Å². The van der Waals surface area contributed by atoms with Crippen LogP contribution < -0.4 is 10.6 Å². The number of benzene rings is 1. The van der Waals surface area contributed by atoms with Crippen LogP contribution in [0.3, 0.4) is 0 Å². The van der Waals surface area contributed by atoms with Crippen LogP contribution >= 0.6 is 11.6 Å². The number of fused-ring (bicyclic) bond motifs is 3. The lowest BCUT2D eigenvalue weighted by Gasteiger charge is -2.36. The highest BCUT2D eigenvalue weighted by molar-refractivity contribution is 6.31. The van der Waals surface area contributed by atoms with Crippen molar-refractivity contribution in [2.45, 2.75) is 44.1 Å². The number of alkyl halides is 6. The zero-order chi connectivity index (χ0) is 24.8. The summed E-state index contributed by atoms with van der Waals surface area (Å²) in [7, 11) is 0. The number of hydrogen-bond donors (Lipinski definition) is 2. The minimum Gasteiger partial charge on any atom is -0.370 e. The molecule has 1 amide bonds. The Bertz CT molecular complexity index is 1210. The molecule has 4 rings (SSSR count). The van der Waals surface area contributed by atoms with Gasteiger partial charge in [0.05, 0.1) is 6.04 Å². The third kappa shape index (κ3) is 4.74. The summed E-state index contributed by atoms with van der Waals surface area (Å²) in [4.78, 5) is 24.9. The van der Waals surface area contributed by atoms with Crippen molar-refractivity contribution in [1.29, 1.82) is 0 Å². The monoisotopic (exact) mass is 506 g/mol. The van der Waals surface area contributed by atoms with Gasteiger partial charge in [0.1, 0.15) is 0 Å². The number of halogens is 7. The van der Waals surface area contributed by atoms with Crippen LogP contribution in [0.2, 0.25) is 5.02 Å².